The number of nitrogens with one attached hydrogen (secondary N) is 1. The first kappa shape index (κ1) is 25.8. The Balaban J connectivity index is 1.49. The van der Waals surface area contributed by atoms with Crippen LogP contribution in [0.4, 0.5) is 10.5 Å². The van der Waals surface area contributed by atoms with Gasteiger partial charge in [0.15, 0.2) is 11.5 Å². The lowest BCUT2D eigenvalue weighted by atomic mass is 10.2. The third-order valence-electron chi connectivity index (χ3n) is 5.58. The molecule has 2 heterocycles. The van der Waals surface area contributed by atoms with Crippen molar-refractivity contribution in [3.63, 3.8) is 0 Å². The third-order valence-corrected chi connectivity index (χ3v) is 6.69. The molecular formula is C26H28ClN3O5S. The van der Waals surface area contributed by atoms with Gasteiger partial charge in [-0.2, -0.15) is 0 Å². The van der Waals surface area contributed by atoms with Crippen molar-refractivity contribution >= 4 is 40.6 Å². The Bertz CT molecular complexity index is 1160. The van der Waals surface area contributed by atoms with Gasteiger partial charge in [0.1, 0.15) is 6.54 Å². The van der Waals surface area contributed by atoms with Crippen LogP contribution in [0.25, 0.3) is 0 Å². The van der Waals surface area contributed by atoms with Crippen molar-refractivity contribution in [3.8, 4) is 11.5 Å². The Kier molecular flexibility index (Phi) is 9.05. The number of anilines is 1. The first-order chi connectivity index (χ1) is 17.5. The number of halogens is 1. The number of ether oxygens (including phenoxy) is 3. The standard InChI is InChI=1S/C26H28ClN3O5S/c1-33-12-3-11-29(26(32)28-21-8-6-20(27)7-9-21)17-25(31)30(16-22-4-2-13-36-22)15-19-5-10-23-24(14-19)35-18-34-23/h2,4-10,13-14H,3,11-12,15-18H2,1H3,(H,28,32). The maximum Gasteiger partial charge on any atom is 0.322 e. The van der Waals surface area contributed by atoms with E-state index in [1.807, 2.05) is 35.7 Å². The topological polar surface area (TPSA) is 80.3 Å². The zero-order chi connectivity index (χ0) is 25.3. The minimum Gasteiger partial charge on any atom is -0.454 e. The Labute approximate surface area is 219 Å². The molecule has 1 aromatic heterocycles. The molecule has 0 saturated heterocycles. The van der Waals surface area contributed by atoms with E-state index in [0.717, 1.165) is 10.4 Å². The number of fused-ring (bicyclic) bond motifs is 1. The van der Waals surface area contributed by atoms with E-state index in [9.17, 15) is 9.59 Å². The number of hydrogen-bond donors (Lipinski definition) is 1. The van der Waals surface area contributed by atoms with Crippen LogP contribution in [-0.2, 0) is 22.6 Å². The van der Waals surface area contributed by atoms with Crippen LogP contribution >= 0.6 is 22.9 Å². The molecule has 0 atom stereocenters. The minimum absolute atomic E-state index is 0.0704. The van der Waals surface area contributed by atoms with E-state index in [2.05, 4.69) is 5.32 Å². The first-order valence-electron chi connectivity index (χ1n) is 11.5. The van der Waals surface area contributed by atoms with E-state index in [1.165, 1.54) is 4.90 Å². The van der Waals surface area contributed by atoms with Gasteiger partial charge in [-0.3, -0.25) is 4.79 Å². The van der Waals surface area contributed by atoms with Crippen molar-refractivity contribution in [1.29, 1.82) is 0 Å². The summed E-state index contributed by atoms with van der Waals surface area (Å²) in [5.41, 5.74) is 1.52. The summed E-state index contributed by atoms with van der Waals surface area (Å²) < 4.78 is 16.1. The molecule has 4 rings (SSSR count). The molecular weight excluding hydrogens is 502 g/mol. The second-order valence-electron chi connectivity index (χ2n) is 8.22. The third kappa shape index (κ3) is 7.13. The van der Waals surface area contributed by atoms with Crippen LogP contribution in [0, 0.1) is 0 Å². The number of thiophene rings is 1. The van der Waals surface area contributed by atoms with E-state index >= 15 is 0 Å². The van der Waals surface area contributed by atoms with E-state index in [4.69, 9.17) is 25.8 Å². The molecule has 1 aliphatic heterocycles. The molecule has 3 aromatic rings. The SMILES string of the molecule is COCCCN(CC(=O)N(Cc1ccc2c(c1)OCO2)Cc1cccs1)C(=O)Nc1ccc(Cl)cc1. The van der Waals surface area contributed by atoms with Gasteiger partial charge in [0.25, 0.3) is 0 Å². The molecule has 0 unspecified atom stereocenters. The van der Waals surface area contributed by atoms with Gasteiger partial charge < -0.3 is 29.3 Å². The van der Waals surface area contributed by atoms with E-state index in [1.54, 1.807) is 47.6 Å². The van der Waals surface area contributed by atoms with Crippen molar-refractivity contribution in [1.82, 2.24) is 9.80 Å². The number of amides is 3. The van der Waals surface area contributed by atoms with Gasteiger partial charge in [0.05, 0.1) is 6.54 Å². The summed E-state index contributed by atoms with van der Waals surface area (Å²) in [5, 5.41) is 5.41. The highest BCUT2D eigenvalue weighted by atomic mass is 35.5. The predicted molar refractivity (Wildman–Crippen MR) is 140 cm³/mol. The first-order valence-corrected chi connectivity index (χ1v) is 12.8. The van der Waals surface area contributed by atoms with Crippen LogP contribution in [-0.4, -0.2) is 55.3 Å². The molecule has 0 fully saturated rings. The maximum atomic E-state index is 13.6. The summed E-state index contributed by atoms with van der Waals surface area (Å²) in [6.45, 7) is 1.79. The number of methoxy groups -OCH3 is 1. The van der Waals surface area contributed by atoms with Crippen molar-refractivity contribution < 1.29 is 23.8 Å². The quantitative estimate of drug-likeness (QED) is 0.344. The van der Waals surface area contributed by atoms with Crippen molar-refractivity contribution in [3.05, 3.63) is 75.4 Å². The molecule has 0 bridgehead atoms. The smallest absolute Gasteiger partial charge is 0.322 e. The minimum atomic E-state index is -0.360. The highest BCUT2D eigenvalue weighted by molar-refractivity contribution is 7.09. The molecule has 2 aromatic carbocycles. The molecule has 0 saturated carbocycles. The van der Waals surface area contributed by atoms with Gasteiger partial charge >= 0.3 is 6.03 Å². The molecule has 3 amide bonds. The van der Waals surface area contributed by atoms with Crippen LogP contribution in [0.3, 0.4) is 0 Å². The monoisotopic (exact) mass is 529 g/mol. The van der Waals surface area contributed by atoms with Gasteiger partial charge in [-0.05, 0) is 59.8 Å². The van der Waals surface area contributed by atoms with Gasteiger partial charge in [0.2, 0.25) is 12.7 Å². The largest absolute Gasteiger partial charge is 0.454 e. The number of urea groups is 1. The number of benzene rings is 2. The average Bonchev–Trinajstić information content (AvgIpc) is 3.56. The van der Waals surface area contributed by atoms with Crippen LogP contribution in [0.2, 0.25) is 5.02 Å². The molecule has 36 heavy (non-hydrogen) atoms. The maximum absolute atomic E-state index is 13.6. The van der Waals surface area contributed by atoms with E-state index < -0.39 is 0 Å². The summed E-state index contributed by atoms with van der Waals surface area (Å²) in [7, 11) is 1.61. The summed E-state index contributed by atoms with van der Waals surface area (Å²) in [4.78, 5) is 31.0. The second kappa shape index (κ2) is 12.6. The molecule has 190 valence electrons. The predicted octanol–water partition coefficient (Wildman–Crippen LogP) is 5.23. The number of carbonyl (C=O) groups excluding carboxylic acids is 2. The molecule has 1 aliphatic rings. The summed E-state index contributed by atoms with van der Waals surface area (Å²) in [6.07, 6.45) is 0.602. The highest BCUT2D eigenvalue weighted by Gasteiger charge is 2.23. The van der Waals surface area contributed by atoms with Gasteiger partial charge in [-0.25, -0.2) is 4.79 Å². The number of nitrogens with zero attached hydrogens (tertiary/aromatic N) is 2. The van der Waals surface area contributed by atoms with E-state index in [0.29, 0.717) is 54.9 Å². The fourth-order valence-corrected chi connectivity index (χ4v) is 4.58. The lowest BCUT2D eigenvalue weighted by molar-refractivity contribution is -0.133. The van der Waals surface area contributed by atoms with Crippen LogP contribution < -0.4 is 14.8 Å². The summed E-state index contributed by atoms with van der Waals surface area (Å²) in [5.74, 6) is 1.20. The van der Waals surface area contributed by atoms with Gasteiger partial charge in [-0.15, -0.1) is 11.3 Å². The van der Waals surface area contributed by atoms with Crippen molar-refractivity contribution in [2.45, 2.75) is 19.5 Å². The van der Waals surface area contributed by atoms with Crippen molar-refractivity contribution in [2.75, 3.05) is 38.9 Å². The lowest BCUT2D eigenvalue weighted by Gasteiger charge is -2.28. The second-order valence-corrected chi connectivity index (χ2v) is 9.69. The van der Waals surface area contributed by atoms with Crippen LogP contribution in [0.1, 0.15) is 16.9 Å². The fraction of sp³-hybridized carbons (Fsp3) is 0.308. The molecule has 0 aliphatic carbocycles. The average molecular weight is 530 g/mol. The Morgan fingerprint density at radius 3 is 2.61 bits per heavy atom. The zero-order valence-electron chi connectivity index (χ0n) is 19.9. The number of rotatable bonds is 11. The molecule has 0 radical (unpaired) electrons. The van der Waals surface area contributed by atoms with Gasteiger partial charge in [0, 0.05) is 42.4 Å². The Morgan fingerprint density at radius 2 is 1.86 bits per heavy atom. The molecule has 10 heteroatoms. The fourth-order valence-electron chi connectivity index (χ4n) is 3.73. The van der Waals surface area contributed by atoms with Crippen LogP contribution in [0.15, 0.2) is 60.0 Å². The van der Waals surface area contributed by atoms with Crippen LogP contribution in [0.5, 0.6) is 11.5 Å². The van der Waals surface area contributed by atoms with E-state index in [-0.39, 0.29) is 25.3 Å². The Morgan fingerprint density at radius 1 is 1.06 bits per heavy atom. The number of carbonyl (C=O) groups is 2. The molecule has 8 nitrogen and oxygen atoms in total. The highest BCUT2D eigenvalue weighted by Crippen LogP contribution is 2.33. The normalized spacial score (nSPS) is 11.8. The Hall–Kier alpha value is -3.27. The molecule has 0 spiro atoms. The van der Waals surface area contributed by atoms with Crippen molar-refractivity contribution in [2.24, 2.45) is 0 Å². The lowest BCUT2D eigenvalue weighted by Crippen LogP contribution is -2.44. The summed E-state index contributed by atoms with van der Waals surface area (Å²) >= 11 is 7.54. The van der Waals surface area contributed by atoms with Gasteiger partial charge in [-0.1, -0.05) is 23.7 Å². The summed E-state index contributed by atoms with van der Waals surface area (Å²) in [6, 6.07) is 16.1. The number of hydrogen-bond acceptors (Lipinski definition) is 6. The molecule has 1 N–H and O–H groups in total. The zero-order valence-corrected chi connectivity index (χ0v) is 21.5.